The zero-order chi connectivity index (χ0) is 12.0. The number of carbonyl (C=O) groups is 1. The van der Waals surface area contributed by atoms with Crippen molar-refractivity contribution in [3.8, 4) is 0 Å². The quantitative estimate of drug-likeness (QED) is 0.723. The van der Waals surface area contributed by atoms with E-state index in [4.69, 9.17) is 0 Å². The minimum absolute atomic E-state index is 0.123. The van der Waals surface area contributed by atoms with Gasteiger partial charge in [-0.3, -0.25) is 4.79 Å². The molecule has 0 aromatic heterocycles. The minimum atomic E-state index is 0.123. The number of hydrogen-bond acceptors (Lipinski definition) is 1. The van der Waals surface area contributed by atoms with Crippen LogP contribution < -0.4 is 5.32 Å². The van der Waals surface area contributed by atoms with E-state index >= 15 is 0 Å². The first kappa shape index (κ1) is 11.3. The summed E-state index contributed by atoms with van der Waals surface area (Å²) in [6, 6.07) is 6.50. The fourth-order valence-corrected chi connectivity index (χ4v) is 3.16. The molecule has 0 fully saturated rings. The van der Waals surface area contributed by atoms with Crippen molar-refractivity contribution in [1.29, 1.82) is 0 Å². The van der Waals surface area contributed by atoms with Crippen LogP contribution in [0.4, 0.5) is 0 Å². The maximum atomic E-state index is 11.8. The van der Waals surface area contributed by atoms with Crippen molar-refractivity contribution in [3.05, 3.63) is 38.5 Å². The Morgan fingerprint density at radius 3 is 3.00 bits per heavy atom. The third kappa shape index (κ3) is 1.90. The van der Waals surface area contributed by atoms with Gasteiger partial charge in [-0.25, -0.2) is 0 Å². The summed E-state index contributed by atoms with van der Waals surface area (Å²) in [4.78, 5) is 11.8. The Labute approximate surface area is 115 Å². The first-order valence-electron chi connectivity index (χ1n) is 5.97. The van der Waals surface area contributed by atoms with E-state index in [0.717, 1.165) is 25.0 Å². The van der Waals surface area contributed by atoms with E-state index in [1.165, 1.54) is 20.3 Å². The van der Waals surface area contributed by atoms with Crippen molar-refractivity contribution in [2.24, 2.45) is 5.92 Å². The molecule has 1 aliphatic carbocycles. The van der Waals surface area contributed by atoms with E-state index < -0.39 is 0 Å². The molecule has 1 amide bonds. The highest BCUT2D eigenvalue weighted by atomic mass is 127. The lowest BCUT2D eigenvalue weighted by Gasteiger charge is -2.30. The van der Waals surface area contributed by atoms with Crippen LogP contribution in [0, 0.1) is 9.49 Å². The molecule has 1 unspecified atom stereocenters. The summed E-state index contributed by atoms with van der Waals surface area (Å²) in [5.41, 5.74) is 5.11. The number of hydrogen-bond donors (Lipinski definition) is 1. The molecule has 3 rings (SSSR count). The molecule has 3 heteroatoms. The Morgan fingerprint density at radius 2 is 2.18 bits per heavy atom. The monoisotopic (exact) mass is 339 g/mol. The number of amides is 1. The standard InChI is InChI=1S/C14H14INO/c1-8-6-10-3-2-9-4-5-11(15)7-12(9)13(10)16-14(8)17/h4-5,7-8H,2-3,6H2,1H3,(H,16,17). The number of carbonyl (C=O) groups excluding carboxylic acids is 1. The Balaban J connectivity index is 2.12. The molecule has 1 aromatic carbocycles. The average Bonchev–Trinajstić information content (AvgIpc) is 2.31. The van der Waals surface area contributed by atoms with E-state index in [0.29, 0.717) is 0 Å². The van der Waals surface area contributed by atoms with Gasteiger partial charge in [-0.1, -0.05) is 13.0 Å². The summed E-state index contributed by atoms with van der Waals surface area (Å²) < 4.78 is 1.22. The second-order valence-electron chi connectivity index (χ2n) is 4.87. The van der Waals surface area contributed by atoms with Crippen LogP contribution in [0.25, 0.3) is 5.70 Å². The van der Waals surface area contributed by atoms with Crippen LogP contribution in [0.15, 0.2) is 23.8 Å². The van der Waals surface area contributed by atoms with Gasteiger partial charge in [0.25, 0.3) is 0 Å². The summed E-state index contributed by atoms with van der Waals surface area (Å²) >= 11 is 2.32. The molecule has 17 heavy (non-hydrogen) atoms. The minimum Gasteiger partial charge on any atom is -0.325 e. The maximum absolute atomic E-state index is 11.8. The van der Waals surface area contributed by atoms with Gasteiger partial charge in [0, 0.05) is 20.7 Å². The summed E-state index contributed by atoms with van der Waals surface area (Å²) in [6.45, 7) is 2.00. The van der Waals surface area contributed by atoms with Gasteiger partial charge in [-0.15, -0.1) is 0 Å². The topological polar surface area (TPSA) is 29.1 Å². The third-order valence-corrected chi connectivity index (χ3v) is 4.31. The molecule has 0 spiro atoms. The van der Waals surface area contributed by atoms with Gasteiger partial charge in [-0.05, 0) is 65.1 Å². The van der Waals surface area contributed by atoms with Crippen LogP contribution >= 0.6 is 22.6 Å². The zero-order valence-electron chi connectivity index (χ0n) is 9.72. The number of rotatable bonds is 0. The van der Waals surface area contributed by atoms with Gasteiger partial charge in [0.1, 0.15) is 0 Å². The summed E-state index contributed by atoms with van der Waals surface area (Å²) in [5, 5.41) is 3.09. The Kier molecular flexibility index (Phi) is 2.73. The first-order valence-corrected chi connectivity index (χ1v) is 7.04. The Bertz CT molecular complexity index is 533. The number of halogens is 1. The van der Waals surface area contributed by atoms with Crippen molar-refractivity contribution in [1.82, 2.24) is 5.32 Å². The van der Waals surface area contributed by atoms with Gasteiger partial charge in [0.05, 0.1) is 0 Å². The lowest BCUT2D eigenvalue weighted by Crippen LogP contribution is -2.35. The molecule has 88 valence electrons. The molecule has 0 saturated heterocycles. The van der Waals surface area contributed by atoms with E-state index in [9.17, 15) is 4.79 Å². The van der Waals surface area contributed by atoms with Gasteiger partial charge in [0.15, 0.2) is 0 Å². The molecule has 1 atom stereocenters. The molecule has 1 N–H and O–H groups in total. The number of allylic oxidation sites excluding steroid dienone is 1. The van der Waals surface area contributed by atoms with Crippen LogP contribution in [0.2, 0.25) is 0 Å². The number of fused-ring (bicyclic) bond motifs is 2. The third-order valence-electron chi connectivity index (χ3n) is 3.64. The second kappa shape index (κ2) is 4.12. The van der Waals surface area contributed by atoms with Crippen molar-refractivity contribution in [2.45, 2.75) is 26.2 Å². The SMILES string of the molecule is CC1CC2=C(NC1=O)c1cc(I)ccc1CC2. The molecule has 0 bridgehead atoms. The van der Waals surface area contributed by atoms with E-state index in [2.05, 4.69) is 46.1 Å². The van der Waals surface area contributed by atoms with Gasteiger partial charge < -0.3 is 5.32 Å². The molecule has 0 saturated carbocycles. The van der Waals surface area contributed by atoms with Crippen molar-refractivity contribution >= 4 is 34.2 Å². The number of aryl methyl sites for hydroxylation is 1. The normalized spacial score (nSPS) is 22.9. The van der Waals surface area contributed by atoms with Gasteiger partial charge in [-0.2, -0.15) is 0 Å². The van der Waals surface area contributed by atoms with Crippen molar-refractivity contribution in [3.63, 3.8) is 0 Å². The van der Waals surface area contributed by atoms with Gasteiger partial charge in [0.2, 0.25) is 5.91 Å². The largest absolute Gasteiger partial charge is 0.325 e. The summed E-state index contributed by atoms with van der Waals surface area (Å²) in [5.74, 6) is 0.286. The van der Waals surface area contributed by atoms with Crippen LogP contribution in [0.3, 0.4) is 0 Å². The van der Waals surface area contributed by atoms with Crippen molar-refractivity contribution in [2.75, 3.05) is 0 Å². The van der Waals surface area contributed by atoms with Crippen LogP contribution in [0.1, 0.15) is 30.9 Å². The molecule has 2 nitrogen and oxygen atoms in total. The number of nitrogens with one attached hydrogen (secondary N) is 1. The molecule has 1 aromatic rings. The maximum Gasteiger partial charge on any atom is 0.227 e. The molecule has 1 heterocycles. The Hall–Kier alpha value is -0.840. The molecule has 1 aliphatic heterocycles. The fraction of sp³-hybridized carbons (Fsp3) is 0.357. The van der Waals surface area contributed by atoms with Crippen LogP contribution in [0.5, 0.6) is 0 Å². The fourth-order valence-electron chi connectivity index (χ4n) is 2.67. The molecular formula is C14H14INO. The lowest BCUT2D eigenvalue weighted by molar-refractivity contribution is -0.123. The highest BCUT2D eigenvalue weighted by Crippen LogP contribution is 2.36. The van der Waals surface area contributed by atoms with Crippen LogP contribution in [-0.4, -0.2) is 5.91 Å². The second-order valence-corrected chi connectivity index (χ2v) is 6.12. The molecule has 2 aliphatic rings. The highest BCUT2D eigenvalue weighted by Gasteiger charge is 2.28. The van der Waals surface area contributed by atoms with E-state index in [1.807, 2.05) is 6.92 Å². The molecule has 0 radical (unpaired) electrons. The van der Waals surface area contributed by atoms with Gasteiger partial charge >= 0.3 is 0 Å². The smallest absolute Gasteiger partial charge is 0.227 e. The van der Waals surface area contributed by atoms with Crippen molar-refractivity contribution < 1.29 is 4.79 Å². The zero-order valence-corrected chi connectivity index (χ0v) is 11.9. The summed E-state index contributed by atoms with van der Waals surface area (Å²) in [6.07, 6.45) is 3.12. The predicted molar refractivity (Wildman–Crippen MR) is 76.3 cm³/mol. The van der Waals surface area contributed by atoms with E-state index in [1.54, 1.807) is 0 Å². The average molecular weight is 339 g/mol. The molecular weight excluding hydrogens is 325 g/mol. The Morgan fingerprint density at radius 1 is 1.35 bits per heavy atom. The predicted octanol–water partition coefficient (Wildman–Crippen LogP) is 3.10. The highest BCUT2D eigenvalue weighted by molar-refractivity contribution is 14.1. The number of benzene rings is 1. The summed E-state index contributed by atoms with van der Waals surface area (Å²) in [7, 11) is 0. The lowest BCUT2D eigenvalue weighted by atomic mass is 9.82. The van der Waals surface area contributed by atoms with Crippen LogP contribution in [-0.2, 0) is 11.2 Å². The van der Waals surface area contributed by atoms with E-state index in [-0.39, 0.29) is 11.8 Å². The first-order chi connectivity index (χ1) is 8.15.